The maximum Gasteiger partial charge on any atom is 0.420 e. The second-order valence-electron chi connectivity index (χ2n) is 8.52. The maximum absolute atomic E-state index is 13.1. The first-order chi connectivity index (χ1) is 14.6. The van der Waals surface area contributed by atoms with E-state index in [4.69, 9.17) is 14.3 Å². The molecule has 1 saturated carbocycles. The van der Waals surface area contributed by atoms with Crippen LogP contribution in [-0.4, -0.2) is 46.6 Å². The molecule has 0 radical (unpaired) electrons. The van der Waals surface area contributed by atoms with E-state index < -0.39 is 17.7 Å². The van der Waals surface area contributed by atoms with Gasteiger partial charge in [-0.1, -0.05) is 11.7 Å². The molecule has 0 bridgehead atoms. The lowest BCUT2D eigenvalue weighted by Gasteiger charge is -2.20. The average Bonchev–Trinajstić information content (AvgIpc) is 3.48. The van der Waals surface area contributed by atoms with Crippen molar-refractivity contribution in [1.82, 2.24) is 9.55 Å². The fraction of sp³-hybridized carbons (Fsp3) is 0.478. The number of allylic oxidation sites excluding steroid dienone is 1. The number of benzene rings is 1. The van der Waals surface area contributed by atoms with E-state index in [1.165, 1.54) is 11.7 Å². The molecule has 0 N–H and O–H groups in total. The second-order valence-corrected chi connectivity index (χ2v) is 8.52. The Kier molecular flexibility index (Phi) is 6.20. The molecule has 166 valence electrons. The van der Waals surface area contributed by atoms with Crippen LogP contribution in [0, 0.1) is 0 Å². The third-order valence-corrected chi connectivity index (χ3v) is 4.83. The van der Waals surface area contributed by atoms with Crippen LogP contribution in [0.25, 0.3) is 16.6 Å². The molecule has 8 nitrogen and oxygen atoms in total. The number of esters is 1. The van der Waals surface area contributed by atoms with Gasteiger partial charge >= 0.3 is 12.1 Å². The lowest BCUT2D eigenvalue weighted by atomic mass is 10.00. The first kappa shape index (κ1) is 22.5. The molecule has 2 aromatic rings. The molecule has 0 atom stereocenters. The summed E-state index contributed by atoms with van der Waals surface area (Å²) < 4.78 is 12.1. The van der Waals surface area contributed by atoms with Gasteiger partial charge in [-0.15, -0.1) is 0 Å². The number of imidazole rings is 1. The first-order valence-corrected chi connectivity index (χ1v) is 10.3. The zero-order chi connectivity index (χ0) is 22.9. The Hall–Kier alpha value is -3.16. The van der Waals surface area contributed by atoms with Crippen LogP contribution < -0.4 is 0 Å². The molecule has 1 aliphatic rings. The molecule has 31 heavy (non-hydrogen) atoms. The normalized spacial score (nSPS) is 14.5. The van der Waals surface area contributed by atoms with Crippen LogP contribution in [0.4, 0.5) is 4.79 Å². The van der Waals surface area contributed by atoms with Crippen molar-refractivity contribution in [2.75, 3.05) is 13.7 Å². The van der Waals surface area contributed by atoms with Crippen LogP contribution in [0.15, 0.2) is 23.9 Å². The second kappa shape index (κ2) is 8.53. The summed E-state index contributed by atoms with van der Waals surface area (Å²) >= 11 is 0. The van der Waals surface area contributed by atoms with Crippen molar-refractivity contribution in [3.05, 3.63) is 35.7 Å². The molecule has 1 aromatic carbocycles. The SMILES string of the molecule is C=C(C(C)=NOCC)c1cc(C(=O)OC)c2nc(C3CC3)n(C(=O)OC(C)(C)C)c2c1. The highest BCUT2D eigenvalue weighted by atomic mass is 16.6. The minimum absolute atomic E-state index is 0.151. The van der Waals surface area contributed by atoms with Crippen LogP contribution in [0.2, 0.25) is 0 Å². The van der Waals surface area contributed by atoms with E-state index in [1.54, 1.807) is 19.1 Å². The summed E-state index contributed by atoms with van der Waals surface area (Å²) in [5, 5.41) is 4.03. The minimum atomic E-state index is -0.679. The van der Waals surface area contributed by atoms with Crippen LogP contribution in [0.5, 0.6) is 0 Å². The Morgan fingerprint density at radius 1 is 1.29 bits per heavy atom. The third kappa shape index (κ3) is 4.78. The molecule has 0 amide bonds. The van der Waals surface area contributed by atoms with Crippen molar-refractivity contribution in [3.8, 4) is 0 Å². The van der Waals surface area contributed by atoms with Crippen molar-refractivity contribution in [3.63, 3.8) is 0 Å². The van der Waals surface area contributed by atoms with E-state index in [0.29, 0.717) is 40.3 Å². The number of carbonyl (C=O) groups excluding carboxylic acids is 2. The molecule has 1 heterocycles. The number of carbonyl (C=O) groups is 2. The summed E-state index contributed by atoms with van der Waals surface area (Å²) in [6.07, 6.45) is 1.33. The van der Waals surface area contributed by atoms with E-state index >= 15 is 0 Å². The highest BCUT2D eigenvalue weighted by Crippen LogP contribution is 2.41. The van der Waals surface area contributed by atoms with Gasteiger partial charge in [0.1, 0.15) is 23.5 Å². The highest BCUT2D eigenvalue weighted by molar-refractivity contribution is 6.22. The van der Waals surface area contributed by atoms with Gasteiger partial charge in [0.05, 0.1) is 23.9 Å². The average molecular weight is 428 g/mol. The topological polar surface area (TPSA) is 92.0 Å². The molecule has 3 rings (SSSR count). The summed E-state index contributed by atoms with van der Waals surface area (Å²) in [5.74, 6) is 0.199. The Bertz CT molecular complexity index is 1070. The Morgan fingerprint density at radius 2 is 1.97 bits per heavy atom. The molecule has 0 unspecified atom stereocenters. The van der Waals surface area contributed by atoms with Gasteiger partial charge in [-0.05, 0) is 70.7 Å². The number of oxime groups is 1. The molecule has 1 fully saturated rings. The fourth-order valence-electron chi connectivity index (χ4n) is 3.18. The zero-order valence-corrected chi connectivity index (χ0v) is 18.9. The van der Waals surface area contributed by atoms with Gasteiger partial charge in [-0.3, -0.25) is 0 Å². The van der Waals surface area contributed by atoms with Crippen molar-refractivity contribution in [2.45, 2.75) is 59.0 Å². The van der Waals surface area contributed by atoms with Crippen molar-refractivity contribution in [2.24, 2.45) is 5.16 Å². The first-order valence-electron chi connectivity index (χ1n) is 10.3. The number of aromatic nitrogens is 2. The van der Waals surface area contributed by atoms with E-state index in [1.807, 2.05) is 27.7 Å². The lowest BCUT2D eigenvalue weighted by molar-refractivity contribution is 0.0537. The number of hydrogen-bond acceptors (Lipinski definition) is 7. The summed E-state index contributed by atoms with van der Waals surface area (Å²) in [6, 6.07) is 3.43. The van der Waals surface area contributed by atoms with Gasteiger partial charge in [0.2, 0.25) is 0 Å². The summed E-state index contributed by atoms with van der Waals surface area (Å²) in [6.45, 7) is 13.5. The molecular formula is C23H29N3O5. The van der Waals surface area contributed by atoms with Crippen molar-refractivity contribution < 1.29 is 23.9 Å². The number of nitrogens with zero attached hydrogens (tertiary/aromatic N) is 3. The Balaban J connectivity index is 2.24. The van der Waals surface area contributed by atoms with Crippen LogP contribution in [-0.2, 0) is 14.3 Å². The molecular weight excluding hydrogens is 398 g/mol. The summed E-state index contributed by atoms with van der Waals surface area (Å²) in [7, 11) is 1.31. The number of fused-ring (bicyclic) bond motifs is 1. The predicted molar refractivity (Wildman–Crippen MR) is 118 cm³/mol. The zero-order valence-electron chi connectivity index (χ0n) is 18.9. The Labute approximate surface area is 181 Å². The molecule has 0 aliphatic heterocycles. The number of hydrogen-bond donors (Lipinski definition) is 0. The van der Waals surface area contributed by atoms with E-state index in [9.17, 15) is 9.59 Å². The maximum atomic E-state index is 13.1. The third-order valence-electron chi connectivity index (χ3n) is 4.83. The standard InChI is InChI=1S/C23H29N3O5/c1-8-30-25-14(3)13(2)16-11-17(21(27)29-7)19-18(12-16)26(20(24-19)15-9-10-15)22(28)31-23(4,5)6/h11-12,15H,2,8-10H2,1,3-7H3. The lowest BCUT2D eigenvalue weighted by Crippen LogP contribution is -2.28. The van der Waals surface area contributed by atoms with Crippen LogP contribution >= 0.6 is 0 Å². The molecule has 8 heteroatoms. The highest BCUT2D eigenvalue weighted by Gasteiger charge is 2.34. The van der Waals surface area contributed by atoms with E-state index in [-0.39, 0.29) is 11.5 Å². The number of rotatable bonds is 6. The van der Waals surface area contributed by atoms with E-state index in [0.717, 1.165) is 12.8 Å². The monoisotopic (exact) mass is 427 g/mol. The molecule has 0 saturated heterocycles. The molecule has 1 aromatic heterocycles. The quantitative estimate of drug-likeness (QED) is 0.369. The summed E-state index contributed by atoms with van der Waals surface area (Å²) in [5.41, 5.74) is 2.18. The number of methoxy groups -OCH3 is 1. The Morgan fingerprint density at radius 3 is 2.52 bits per heavy atom. The summed E-state index contributed by atoms with van der Waals surface area (Å²) in [4.78, 5) is 35.5. The largest absolute Gasteiger partial charge is 0.465 e. The minimum Gasteiger partial charge on any atom is -0.465 e. The van der Waals surface area contributed by atoms with Crippen LogP contribution in [0.1, 0.15) is 75.1 Å². The molecule has 0 spiro atoms. The van der Waals surface area contributed by atoms with Gasteiger partial charge < -0.3 is 14.3 Å². The molecule has 1 aliphatic carbocycles. The smallest absolute Gasteiger partial charge is 0.420 e. The van der Waals surface area contributed by atoms with Crippen molar-refractivity contribution >= 4 is 34.4 Å². The van der Waals surface area contributed by atoms with Gasteiger partial charge in [0, 0.05) is 5.92 Å². The van der Waals surface area contributed by atoms with Gasteiger partial charge in [-0.25, -0.2) is 19.1 Å². The van der Waals surface area contributed by atoms with Gasteiger partial charge in [-0.2, -0.15) is 0 Å². The van der Waals surface area contributed by atoms with E-state index in [2.05, 4.69) is 16.7 Å². The van der Waals surface area contributed by atoms with Gasteiger partial charge in [0.25, 0.3) is 0 Å². The van der Waals surface area contributed by atoms with Gasteiger partial charge in [0.15, 0.2) is 0 Å². The van der Waals surface area contributed by atoms with Crippen molar-refractivity contribution in [1.29, 1.82) is 0 Å². The van der Waals surface area contributed by atoms with Crippen LogP contribution in [0.3, 0.4) is 0 Å². The fourth-order valence-corrected chi connectivity index (χ4v) is 3.18. The number of ether oxygens (including phenoxy) is 2. The predicted octanol–water partition coefficient (Wildman–Crippen LogP) is 4.91.